The monoisotopic (exact) mass is 365 g/mol. The zero-order valence-corrected chi connectivity index (χ0v) is 14.4. The fraction of sp³-hybridized carbons (Fsp3) is 0.500. The number of fused-ring (bicyclic) bond motifs is 1. The maximum absolute atomic E-state index is 10.9. The van der Waals surface area contributed by atoms with E-state index in [0.717, 1.165) is 53.2 Å². The van der Waals surface area contributed by atoms with E-state index < -0.39 is 0 Å². The van der Waals surface area contributed by atoms with Crippen LogP contribution in [0.2, 0.25) is 0 Å². The van der Waals surface area contributed by atoms with Gasteiger partial charge in [-0.2, -0.15) is 5.10 Å². The minimum Gasteiger partial charge on any atom is -0.495 e. The molecule has 3 rings (SSSR count). The van der Waals surface area contributed by atoms with Crippen LogP contribution in [-0.2, 0) is 4.79 Å². The van der Waals surface area contributed by atoms with Crippen LogP contribution in [0.25, 0.3) is 10.9 Å². The summed E-state index contributed by atoms with van der Waals surface area (Å²) in [6.45, 7) is 0. The number of rotatable bonds is 4. The van der Waals surface area contributed by atoms with Gasteiger partial charge in [0.2, 0.25) is 6.41 Å². The number of hydrogen-bond acceptors (Lipinski definition) is 3. The van der Waals surface area contributed by atoms with Crippen LogP contribution in [0.15, 0.2) is 22.8 Å². The Kier molecular flexibility index (Phi) is 4.38. The highest BCUT2D eigenvalue weighted by Crippen LogP contribution is 2.33. The van der Waals surface area contributed by atoms with Crippen molar-refractivity contribution in [2.45, 2.75) is 37.8 Å². The molecule has 1 saturated carbocycles. The van der Waals surface area contributed by atoms with Gasteiger partial charge in [-0.25, -0.2) is 0 Å². The maximum atomic E-state index is 10.9. The molecule has 1 aliphatic rings. The third-order valence-electron chi connectivity index (χ3n) is 4.58. The van der Waals surface area contributed by atoms with Crippen LogP contribution in [-0.4, -0.2) is 41.3 Å². The Bertz CT molecular complexity index is 677. The number of aromatic nitrogens is 2. The molecule has 0 saturated heterocycles. The van der Waals surface area contributed by atoms with Gasteiger partial charge in [0.15, 0.2) is 0 Å². The average molecular weight is 366 g/mol. The van der Waals surface area contributed by atoms with Crippen molar-refractivity contribution in [2.75, 3.05) is 14.2 Å². The fourth-order valence-corrected chi connectivity index (χ4v) is 3.73. The summed E-state index contributed by atoms with van der Waals surface area (Å²) in [5.74, 6) is 0.800. The lowest BCUT2D eigenvalue weighted by molar-refractivity contribution is -0.119. The number of methoxy groups -OCH3 is 1. The van der Waals surface area contributed by atoms with Crippen LogP contribution in [0.1, 0.15) is 31.7 Å². The van der Waals surface area contributed by atoms with Crippen molar-refractivity contribution in [3.63, 3.8) is 0 Å². The van der Waals surface area contributed by atoms with E-state index in [1.54, 1.807) is 12.0 Å². The molecule has 1 aliphatic carbocycles. The van der Waals surface area contributed by atoms with Crippen molar-refractivity contribution < 1.29 is 9.53 Å². The first kappa shape index (κ1) is 15.3. The molecule has 1 aromatic heterocycles. The Morgan fingerprint density at radius 1 is 1.36 bits per heavy atom. The smallest absolute Gasteiger partial charge is 0.209 e. The van der Waals surface area contributed by atoms with Crippen molar-refractivity contribution in [3.8, 4) is 5.75 Å². The summed E-state index contributed by atoms with van der Waals surface area (Å²) in [6, 6.07) is 4.78. The number of amides is 1. The number of halogens is 1. The predicted molar refractivity (Wildman–Crippen MR) is 89.1 cm³/mol. The topological polar surface area (TPSA) is 47.4 Å². The van der Waals surface area contributed by atoms with Crippen molar-refractivity contribution in [1.82, 2.24) is 14.7 Å². The lowest BCUT2D eigenvalue weighted by atomic mass is 9.91. The van der Waals surface area contributed by atoms with Crippen LogP contribution < -0.4 is 4.74 Å². The molecule has 0 atom stereocenters. The molecule has 1 aromatic carbocycles. The molecule has 118 valence electrons. The lowest BCUT2D eigenvalue weighted by Gasteiger charge is -2.32. The Labute approximate surface area is 138 Å². The van der Waals surface area contributed by atoms with Crippen LogP contribution in [0, 0.1) is 0 Å². The van der Waals surface area contributed by atoms with E-state index in [0.29, 0.717) is 12.1 Å². The molecular weight excluding hydrogens is 346 g/mol. The molecule has 22 heavy (non-hydrogen) atoms. The first-order valence-corrected chi connectivity index (χ1v) is 8.31. The standard InChI is InChI=1S/C16H20BrN3O2/c1-19(10-21)12-3-5-13(6-4-12)20-9-11-7-14(17)16(22-2)8-15(11)18-20/h7-10,12-13H,3-6H2,1-2H3. The van der Waals surface area contributed by atoms with E-state index in [4.69, 9.17) is 9.84 Å². The molecule has 0 N–H and O–H groups in total. The van der Waals surface area contributed by atoms with Gasteiger partial charge in [-0.3, -0.25) is 9.48 Å². The first-order valence-electron chi connectivity index (χ1n) is 7.52. The zero-order chi connectivity index (χ0) is 15.7. The number of carbonyl (C=O) groups excluding carboxylic acids is 1. The fourth-order valence-electron chi connectivity index (χ4n) is 3.20. The molecule has 0 unspecified atom stereocenters. The summed E-state index contributed by atoms with van der Waals surface area (Å²) >= 11 is 3.51. The van der Waals surface area contributed by atoms with Gasteiger partial charge < -0.3 is 9.64 Å². The van der Waals surface area contributed by atoms with Crippen LogP contribution >= 0.6 is 15.9 Å². The molecular formula is C16H20BrN3O2. The largest absolute Gasteiger partial charge is 0.495 e. The van der Waals surface area contributed by atoms with Gasteiger partial charge in [0.05, 0.1) is 23.1 Å². The molecule has 1 fully saturated rings. The van der Waals surface area contributed by atoms with Gasteiger partial charge in [0.1, 0.15) is 5.75 Å². The molecule has 2 aromatic rings. The zero-order valence-electron chi connectivity index (χ0n) is 12.8. The van der Waals surface area contributed by atoms with Crippen LogP contribution in [0.5, 0.6) is 5.75 Å². The second-order valence-electron chi connectivity index (χ2n) is 5.89. The summed E-state index contributed by atoms with van der Waals surface area (Å²) < 4.78 is 8.35. The molecule has 6 heteroatoms. The summed E-state index contributed by atoms with van der Waals surface area (Å²) in [5.41, 5.74) is 0.951. The van der Waals surface area contributed by atoms with Crippen molar-refractivity contribution in [2.24, 2.45) is 0 Å². The summed E-state index contributed by atoms with van der Waals surface area (Å²) in [7, 11) is 3.53. The van der Waals surface area contributed by atoms with Gasteiger partial charge >= 0.3 is 0 Å². The highest BCUT2D eigenvalue weighted by molar-refractivity contribution is 9.10. The molecule has 0 radical (unpaired) electrons. The SMILES string of the molecule is COc1cc2nn(C3CCC(N(C)C=O)CC3)cc2cc1Br. The molecule has 1 amide bonds. The second-order valence-corrected chi connectivity index (χ2v) is 6.74. The van der Waals surface area contributed by atoms with E-state index in [2.05, 4.69) is 26.8 Å². The molecule has 1 heterocycles. The number of benzene rings is 1. The van der Waals surface area contributed by atoms with E-state index in [1.807, 2.05) is 19.2 Å². The van der Waals surface area contributed by atoms with Gasteiger partial charge in [0, 0.05) is 30.7 Å². The van der Waals surface area contributed by atoms with Gasteiger partial charge in [-0.1, -0.05) is 0 Å². The van der Waals surface area contributed by atoms with Gasteiger partial charge in [-0.05, 0) is 47.7 Å². The second kappa shape index (κ2) is 6.28. The third-order valence-corrected chi connectivity index (χ3v) is 5.20. The van der Waals surface area contributed by atoms with E-state index in [1.165, 1.54) is 0 Å². The van der Waals surface area contributed by atoms with Gasteiger partial charge in [-0.15, -0.1) is 0 Å². The molecule has 0 bridgehead atoms. The summed E-state index contributed by atoms with van der Waals surface area (Å²) in [6.07, 6.45) is 7.20. The molecule has 0 aliphatic heterocycles. The van der Waals surface area contributed by atoms with Gasteiger partial charge in [0.25, 0.3) is 0 Å². The Morgan fingerprint density at radius 2 is 2.09 bits per heavy atom. The van der Waals surface area contributed by atoms with Crippen LogP contribution in [0.3, 0.4) is 0 Å². The highest BCUT2D eigenvalue weighted by Gasteiger charge is 2.25. The number of hydrogen-bond donors (Lipinski definition) is 0. The Hall–Kier alpha value is -1.56. The first-order chi connectivity index (χ1) is 10.6. The van der Waals surface area contributed by atoms with Crippen molar-refractivity contribution in [3.05, 3.63) is 22.8 Å². The van der Waals surface area contributed by atoms with E-state index in [9.17, 15) is 4.79 Å². The number of carbonyl (C=O) groups is 1. The lowest BCUT2D eigenvalue weighted by Crippen LogP contribution is -2.34. The Balaban J connectivity index is 1.78. The quantitative estimate of drug-likeness (QED) is 0.780. The minimum atomic E-state index is 0.368. The molecule has 5 nitrogen and oxygen atoms in total. The maximum Gasteiger partial charge on any atom is 0.209 e. The number of nitrogens with zero attached hydrogens (tertiary/aromatic N) is 3. The minimum absolute atomic E-state index is 0.368. The summed E-state index contributed by atoms with van der Waals surface area (Å²) in [5, 5.41) is 5.82. The number of ether oxygens (including phenoxy) is 1. The normalized spacial score (nSPS) is 21.8. The third kappa shape index (κ3) is 2.84. The molecule has 0 spiro atoms. The summed E-state index contributed by atoms with van der Waals surface area (Å²) in [4.78, 5) is 12.6. The Morgan fingerprint density at radius 3 is 2.73 bits per heavy atom. The van der Waals surface area contributed by atoms with Crippen molar-refractivity contribution in [1.29, 1.82) is 0 Å². The van der Waals surface area contributed by atoms with Crippen molar-refractivity contribution >= 4 is 33.2 Å². The van der Waals surface area contributed by atoms with E-state index >= 15 is 0 Å². The average Bonchev–Trinajstić information content (AvgIpc) is 2.96. The highest BCUT2D eigenvalue weighted by atomic mass is 79.9. The predicted octanol–water partition coefficient (Wildman–Crippen LogP) is 3.38. The van der Waals surface area contributed by atoms with Crippen LogP contribution in [0.4, 0.5) is 0 Å². The van der Waals surface area contributed by atoms with E-state index in [-0.39, 0.29) is 0 Å².